The molecule has 0 fully saturated rings. The van der Waals surface area contributed by atoms with Crippen LogP contribution in [0.5, 0.6) is 5.75 Å². The highest BCUT2D eigenvalue weighted by Crippen LogP contribution is 2.29. The minimum atomic E-state index is -1.70. The van der Waals surface area contributed by atoms with E-state index in [9.17, 15) is 14.5 Å². The predicted molar refractivity (Wildman–Crippen MR) is 117 cm³/mol. The third kappa shape index (κ3) is 4.55. The number of carbonyl (C=O) groups is 1. The molecule has 30 heavy (non-hydrogen) atoms. The van der Waals surface area contributed by atoms with E-state index in [1.807, 2.05) is 37.3 Å². The zero-order valence-electron chi connectivity index (χ0n) is 16.9. The van der Waals surface area contributed by atoms with Crippen molar-refractivity contribution in [3.05, 3.63) is 59.1 Å². The van der Waals surface area contributed by atoms with Crippen LogP contribution in [0.2, 0.25) is 0 Å². The Labute approximate surface area is 178 Å². The van der Waals surface area contributed by atoms with Gasteiger partial charge in [0.25, 0.3) is 5.91 Å². The Morgan fingerprint density at radius 2 is 2.03 bits per heavy atom. The smallest absolute Gasteiger partial charge is 0.256 e. The molecule has 10 heteroatoms. The summed E-state index contributed by atoms with van der Waals surface area (Å²) < 4.78 is 18.7. The number of rotatable bonds is 6. The summed E-state index contributed by atoms with van der Waals surface area (Å²) in [6.45, 7) is 2.00. The van der Waals surface area contributed by atoms with Crippen LogP contribution >= 0.6 is 11.1 Å². The van der Waals surface area contributed by atoms with E-state index in [0.717, 1.165) is 12.0 Å². The number of carbonyl (C=O) groups excluding carboxylic acids is 1. The Hall–Kier alpha value is -3.11. The number of nitrogens with zero attached hydrogens (tertiary/aromatic N) is 3. The first-order chi connectivity index (χ1) is 14.3. The SMILES string of the molecule is [B]c1ccc(Nc2n[s+]([O-])[nH]c2=N[C@H](CC)c2ccccc2)c(O)c1C(=O)N(C)C. The first kappa shape index (κ1) is 21.6. The lowest BCUT2D eigenvalue weighted by Crippen LogP contribution is -2.28. The first-order valence-corrected chi connectivity index (χ1v) is 10.4. The number of aromatic hydroxyl groups is 1. The molecule has 0 spiro atoms. The Morgan fingerprint density at radius 1 is 1.33 bits per heavy atom. The molecule has 0 saturated heterocycles. The topological polar surface area (TPSA) is 117 Å². The number of hydrogen-bond acceptors (Lipinski definition) is 6. The van der Waals surface area contributed by atoms with Gasteiger partial charge in [-0.25, -0.2) is 0 Å². The van der Waals surface area contributed by atoms with Gasteiger partial charge in [0.2, 0.25) is 11.3 Å². The minimum absolute atomic E-state index is 0.0214. The number of aromatic nitrogens is 2. The van der Waals surface area contributed by atoms with E-state index in [1.165, 1.54) is 17.0 Å². The normalized spacial score (nSPS) is 13.2. The highest BCUT2D eigenvalue weighted by Gasteiger charge is 2.20. The molecule has 0 aliphatic heterocycles. The fourth-order valence-corrected chi connectivity index (χ4v) is 3.62. The third-order valence-electron chi connectivity index (χ3n) is 4.52. The van der Waals surface area contributed by atoms with E-state index >= 15 is 0 Å². The second-order valence-corrected chi connectivity index (χ2v) is 7.74. The van der Waals surface area contributed by atoms with Crippen molar-refractivity contribution in [3.8, 4) is 5.75 Å². The van der Waals surface area contributed by atoms with Gasteiger partial charge in [-0.2, -0.15) is 0 Å². The summed E-state index contributed by atoms with van der Waals surface area (Å²) in [7, 11) is 9.01. The van der Waals surface area contributed by atoms with Crippen LogP contribution in [-0.4, -0.2) is 51.2 Å². The molecule has 2 aromatic carbocycles. The Morgan fingerprint density at radius 3 is 2.67 bits per heavy atom. The maximum absolute atomic E-state index is 12.4. The molecule has 1 amide bonds. The number of aromatic amines is 1. The van der Waals surface area contributed by atoms with Gasteiger partial charge in [0.1, 0.15) is 7.85 Å². The summed E-state index contributed by atoms with van der Waals surface area (Å²) >= 11 is -1.70. The molecule has 3 aromatic rings. The number of phenols is 1. The fraction of sp³-hybridized carbons (Fsp3) is 0.250. The van der Waals surface area contributed by atoms with Crippen molar-refractivity contribution >= 4 is 41.9 Å². The molecule has 3 N–H and O–H groups in total. The van der Waals surface area contributed by atoms with Gasteiger partial charge in [0, 0.05) is 18.5 Å². The maximum atomic E-state index is 12.4. The molecule has 1 heterocycles. The highest BCUT2D eigenvalue weighted by atomic mass is 32.2. The summed E-state index contributed by atoms with van der Waals surface area (Å²) in [5.74, 6) is -0.553. The fourth-order valence-electron chi connectivity index (χ4n) is 2.97. The predicted octanol–water partition coefficient (Wildman–Crippen LogP) is 2.13. The average Bonchev–Trinajstić information content (AvgIpc) is 3.07. The lowest BCUT2D eigenvalue weighted by atomic mass is 9.88. The lowest BCUT2D eigenvalue weighted by Gasteiger charge is -2.16. The van der Waals surface area contributed by atoms with Gasteiger partial charge in [0.15, 0.2) is 16.9 Å². The molecule has 3 rings (SSSR count). The van der Waals surface area contributed by atoms with Crippen molar-refractivity contribution in [1.29, 1.82) is 0 Å². The van der Waals surface area contributed by atoms with Crippen LogP contribution in [0.1, 0.15) is 35.3 Å². The van der Waals surface area contributed by atoms with E-state index in [1.54, 1.807) is 14.1 Å². The van der Waals surface area contributed by atoms with Crippen molar-refractivity contribution in [2.75, 3.05) is 19.4 Å². The second-order valence-electron chi connectivity index (χ2n) is 6.85. The molecule has 1 aromatic heterocycles. The van der Waals surface area contributed by atoms with Crippen LogP contribution < -0.4 is 16.3 Å². The summed E-state index contributed by atoms with van der Waals surface area (Å²) in [6, 6.07) is 12.6. The van der Waals surface area contributed by atoms with E-state index in [0.29, 0.717) is 5.49 Å². The average molecular weight is 423 g/mol. The van der Waals surface area contributed by atoms with Crippen molar-refractivity contribution in [2.24, 2.45) is 4.99 Å². The van der Waals surface area contributed by atoms with E-state index < -0.39 is 17.0 Å². The standard InChI is InChI=1S/C20H22BN5O3S/c1-4-14(12-8-6-5-7-9-12)22-18-19(25-30(29)24-18)23-15-11-10-13(21)16(17(15)27)20(28)26(2)3/h5-11,14,27H,4H2,1-3H3,(H,22,24)(H,23,25)/t14-,30?/m1/s1. The van der Waals surface area contributed by atoms with Gasteiger partial charge < -0.3 is 19.9 Å². The lowest BCUT2D eigenvalue weighted by molar-refractivity contribution is 0.0826. The molecule has 0 aliphatic rings. The van der Waals surface area contributed by atoms with Crippen LogP contribution in [0.15, 0.2) is 47.5 Å². The summed E-state index contributed by atoms with van der Waals surface area (Å²) in [6.07, 6.45) is 0.726. The summed E-state index contributed by atoms with van der Waals surface area (Å²) in [5.41, 5.74) is 1.65. The van der Waals surface area contributed by atoms with Gasteiger partial charge in [-0.15, -0.1) is 4.37 Å². The zero-order valence-corrected chi connectivity index (χ0v) is 17.7. The van der Waals surface area contributed by atoms with Crippen LogP contribution in [0.4, 0.5) is 11.5 Å². The van der Waals surface area contributed by atoms with Crippen molar-refractivity contribution in [2.45, 2.75) is 19.4 Å². The second kappa shape index (κ2) is 9.14. The highest BCUT2D eigenvalue weighted by molar-refractivity contribution is 7.13. The largest absolute Gasteiger partial charge is 0.548 e. The monoisotopic (exact) mass is 423 g/mol. The van der Waals surface area contributed by atoms with Crippen LogP contribution in [-0.2, 0) is 0 Å². The molecule has 154 valence electrons. The molecule has 8 nitrogen and oxygen atoms in total. The number of H-pyrrole nitrogens is 1. The van der Waals surface area contributed by atoms with Crippen molar-refractivity contribution in [1.82, 2.24) is 13.6 Å². The molecule has 0 aliphatic carbocycles. The molecular weight excluding hydrogens is 401 g/mol. The van der Waals surface area contributed by atoms with E-state index in [2.05, 4.69) is 19.1 Å². The van der Waals surface area contributed by atoms with Gasteiger partial charge in [-0.3, -0.25) is 9.79 Å². The van der Waals surface area contributed by atoms with Crippen LogP contribution in [0.3, 0.4) is 0 Å². The minimum Gasteiger partial charge on any atom is -0.548 e. The van der Waals surface area contributed by atoms with E-state index in [4.69, 9.17) is 7.85 Å². The number of phenolic OH excluding ortho intramolecular Hbond substituents is 1. The van der Waals surface area contributed by atoms with Crippen LogP contribution in [0, 0.1) is 0 Å². The van der Waals surface area contributed by atoms with Gasteiger partial charge in [-0.05, 0) is 18.1 Å². The molecule has 0 bridgehead atoms. The molecule has 2 atom stereocenters. The quantitative estimate of drug-likeness (QED) is 0.319. The van der Waals surface area contributed by atoms with Crippen molar-refractivity contribution < 1.29 is 14.5 Å². The van der Waals surface area contributed by atoms with Gasteiger partial charge >= 0.3 is 0 Å². The van der Waals surface area contributed by atoms with Crippen molar-refractivity contribution in [3.63, 3.8) is 0 Å². The maximum Gasteiger partial charge on any atom is 0.256 e. The number of hydrogen-bond donors (Lipinski definition) is 3. The number of anilines is 2. The molecule has 2 radical (unpaired) electrons. The number of amides is 1. The molecule has 1 unspecified atom stereocenters. The zero-order chi connectivity index (χ0) is 21.8. The molecule has 0 saturated carbocycles. The first-order valence-electron chi connectivity index (χ1n) is 9.32. The van der Waals surface area contributed by atoms with Gasteiger partial charge in [0.05, 0.1) is 17.3 Å². The Balaban J connectivity index is 2.02. The number of nitrogens with one attached hydrogen (secondary N) is 2. The van der Waals surface area contributed by atoms with Crippen LogP contribution in [0.25, 0.3) is 0 Å². The number of benzene rings is 2. The Kier molecular flexibility index (Phi) is 6.58. The molecular formula is C20H22BN5O3S. The third-order valence-corrected chi connectivity index (χ3v) is 5.24. The van der Waals surface area contributed by atoms with E-state index in [-0.39, 0.29) is 34.3 Å². The van der Waals surface area contributed by atoms with Gasteiger partial charge in [-0.1, -0.05) is 48.8 Å². The Bertz CT molecular complexity index is 1110. The summed E-state index contributed by atoms with van der Waals surface area (Å²) in [5, 5.41) is 13.5. The summed E-state index contributed by atoms with van der Waals surface area (Å²) in [4.78, 5) is 18.4.